The fourth-order valence-electron chi connectivity index (χ4n) is 3.66. The van der Waals surface area contributed by atoms with Crippen molar-refractivity contribution in [2.75, 3.05) is 7.11 Å². The zero-order chi connectivity index (χ0) is 22.7. The van der Waals surface area contributed by atoms with Crippen LogP contribution in [-0.2, 0) is 17.6 Å². The fraction of sp³-hybridized carbons (Fsp3) is 0.208. The highest BCUT2D eigenvalue weighted by atomic mass is 19.1. The van der Waals surface area contributed by atoms with E-state index in [4.69, 9.17) is 4.74 Å². The van der Waals surface area contributed by atoms with E-state index >= 15 is 0 Å². The molecule has 32 heavy (non-hydrogen) atoms. The number of hydrogen-bond donors (Lipinski definition) is 2. The first kappa shape index (κ1) is 21.3. The topological polar surface area (TPSA) is 88.5 Å². The van der Waals surface area contributed by atoms with Gasteiger partial charge in [-0.05, 0) is 30.2 Å². The number of nitrogens with one attached hydrogen (secondary N) is 2. The molecular formula is C24H23FN4O3. The number of aromatic nitrogens is 3. The molecule has 1 amide bonds. The number of ether oxygens (including phenoxy) is 1. The normalized spacial score (nSPS) is 12.0. The molecule has 8 heteroatoms. The smallest absolute Gasteiger partial charge is 0.272 e. The Morgan fingerprint density at radius 1 is 1.19 bits per heavy atom. The second kappa shape index (κ2) is 9.05. The molecule has 0 aliphatic heterocycles. The van der Waals surface area contributed by atoms with Crippen LogP contribution in [0.5, 0.6) is 5.75 Å². The van der Waals surface area contributed by atoms with Crippen LogP contribution in [0, 0.1) is 12.7 Å². The second-order valence-electron chi connectivity index (χ2n) is 7.60. The number of halogens is 1. The number of carbonyl (C=O) groups is 1. The summed E-state index contributed by atoms with van der Waals surface area (Å²) >= 11 is 0. The minimum Gasteiger partial charge on any atom is -0.494 e. The number of methoxy groups -OCH3 is 1. The molecule has 0 aliphatic carbocycles. The van der Waals surface area contributed by atoms with Crippen molar-refractivity contribution in [3.63, 3.8) is 0 Å². The third-order valence-electron chi connectivity index (χ3n) is 5.16. The van der Waals surface area contributed by atoms with Crippen LogP contribution in [0.25, 0.3) is 5.65 Å². The average Bonchev–Trinajstić information content (AvgIpc) is 3.15. The van der Waals surface area contributed by atoms with Gasteiger partial charge in [-0.2, -0.15) is 0 Å². The molecule has 2 aromatic heterocycles. The molecule has 0 fully saturated rings. The maximum atomic E-state index is 14.0. The van der Waals surface area contributed by atoms with Crippen molar-refractivity contribution >= 4 is 11.6 Å². The van der Waals surface area contributed by atoms with Gasteiger partial charge in [0.05, 0.1) is 25.3 Å². The van der Waals surface area contributed by atoms with Gasteiger partial charge in [-0.1, -0.05) is 36.4 Å². The highest BCUT2D eigenvalue weighted by molar-refractivity contribution is 5.79. The molecule has 7 nitrogen and oxygen atoms in total. The number of carbonyl (C=O) groups excluding carboxylic acids is 1. The first-order valence-electron chi connectivity index (χ1n) is 10.2. The van der Waals surface area contributed by atoms with Gasteiger partial charge in [0.2, 0.25) is 5.91 Å². The molecule has 164 valence electrons. The molecule has 4 aromatic rings. The van der Waals surface area contributed by atoms with Gasteiger partial charge in [-0.3, -0.25) is 14.7 Å². The highest BCUT2D eigenvalue weighted by Gasteiger charge is 2.18. The van der Waals surface area contributed by atoms with E-state index in [2.05, 4.69) is 15.4 Å². The van der Waals surface area contributed by atoms with Crippen LogP contribution in [-0.4, -0.2) is 27.6 Å². The SMILES string of the molecule is COc1ccc(CC(=O)N[C@@H](Cc2cc(=O)n3[nH]c(C)cc3n2)c2ccccc2)cc1F. The second-order valence-corrected chi connectivity index (χ2v) is 7.60. The molecule has 2 N–H and O–H groups in total. The van der Waals surface area contributed by atoms with Crippen molar-refractivity contribution in [2.45, 2.75) is 25.8 Å². The largest absolute Gasteiger partial charge is 0.494 e. The summed E-state index contributed by atoms with van der Waals surface area (Å²) < 4.78 is 20.3. The Bertz CT molecular complexity index is 1310. The van der Waals surface area contributed by atoms with E-state index in [0.29, 0.717) is 23.3 Å². The molecule has 0 unspecified atom stereocenters. The monoisotopic (exact) mass is 434 g/mol. The van der Waals surface area contributed by atoms with E-state index in [-0.39, 0.29) is 23.6 Å². The molecule has 0 bridgehead atoms. The number of aromatic amines is 1. The lowest BCUT2D eigenvalue weighted by Crippen LogP contribution is -2.32. The number of aryl methyl sites for hydroxylation is 1. The minimum atomic E-state index is -0.516. The zero-order valence-corrected chi connectivity index (χ0v) is 17.8. The Kier molecular flexibility index (Phi) is 6.02. The summed E-state index contributed by atoms with van der Waals surface area (Å²) in [5.41, 5.74) is 3.12. The van der Waals surface area contributed by atoms with Crippen molar-refractivity contribution in [3.8, 4) is 5.75 Å². The third kappa shape index (κ3) is 4.69. The molecule has 0 spiro atoms. The predicted molar refractivity (Wildman–Crippen MR) is 118 cm³/mol. The molecule has 0 saturated carbocycles. The standard InChI is InChI=1S/C24H23FN4O3/c1-15-10-22-26-18(14-24(31)29(22)28-15)13-20(17-6-4-3-5-7-17)27-23(30)12-16-8-9-21(32-2)19(25)11-16/h3-11,14,20,28H,12-13H2,1-2H3,(H,27,30)/t20-/m0/s1. The van der Waals surface area contributed by atoms with Gasteiger partial charge in [-0.25, -0.2) is 13.9 Å². The van der Waals surface area contributed by atoms with Crippen molar-refractivity contribution in [3.05, 3.63) is 99.3 Å². The molecule has 0 saturated heterocycles. The highest BCUT2D eigenvalue weighted by Crippen LogP contribution is 2.20. The number of benzene rings is 2. The van der Waals surface area contributed by atoms with Crippen molar-refractivity contribution in [2.24, 2.45) is 0 Å². The lowest BCUT2D eigenvalue weighted by atomic mass is 10.0. The predicted octanol–water partition coefficient (Wildman–Crippen LogP) is 3.12. The van der Waals surface area contributed by atoms with E-state index in [1.165, 1.54) is 29.8 Å². The number of nitrogens with zero attached hydrogens (tertiary/aromatic N) is 2. The Labute approximate surface area is 183 Å². The van der Waals surface area contributed by atoms with Crippen LogP contribution in [0.15, 0.2) is 65.5 Å². The first-order chi connectivity index (χ1) is 15.4. The van der Waals surface area contributed by atoms with E-state index in [1.807, 2.05) is 37.3 Å². The van der Waals surface area contributed by atoms with Crippen LogP contribution in [0.2, 0.25) is 0 Å². The summed E-state index contributed by atoms with van der Waals surface area (Å²) in [7, 11) is 1.39. The van der Waals surface area contributed by atoms with Crippen LogP contribution in [0.3, 0.4) is 0 Å². The van der Waals surface area contributed by atoms with Crippen LogP contribution in [0.4, 0.5) is 4.39 Å². The van der Waals surface area contributed by atoms with Crippen LogP contribution >= 0.6 is 0 Å². The van der Waals surface area contributed by atoms with E-state index in [0.717, 1.165) is 11.3 Å². The first-order valence-corrected chi connectivity index (χ1v) is 10.2. The maximum Gasteiger partial charge on any atom is 0.272 e. The van der Waals surface area contributed by atoms with Crippen molar-refractivity contribution in [1.29, 1.82) is 0 Å². The van der Waals surface area contributed by atoms with Gasteiger partial charge >= 0.3 is 0 Å². The number of fused-ring (bicyclic) bond motifs is 1. The molecule has 1 atom stereocenters. The maximum absolute atomic E-state index is 14.0. The van der Waals surface area contributed by atoms with Crippen LogP contribution in [0.1, 0.15) is 28.6 Å². The molecule has 0 radical (unpaired) electrons. The van der Waals surface area contributed by atoms with Gasteiger partial charge < -0.3 is 10.1 Å². The quantitative estimate of drug-likeness (QED) is 0.468. The van der Waals surface area contributed by atoms with Crippen LogP contribution < -0.4 is 15.6 Å². The molecule has 4 rings (SSSR count). The van der Waals surface area contributed by atoms with Crippen molar-refractivity contribution < 1.29 is 13.9 Å². The lowest BCUT2D eigenvalue weighted by Gasteiger charge is -2.19. The number of amides is 1. The summed E-state index contributed by atoms with van der Waals surface area (Å²) in [5, 5.41) is 5.95. The zero-order valence-electron chi connectivity index (χ0n) is 17.8. The van der Waals surface area contributed by atoms with Gasteiger partial charge in [0.15, 0.2) is 17.2 Å². The van der Waals surface area contributed by atoms with Gasteiger partial charge in [0.25, 0.3) is 5.56 Å². The molecular weight excluding hydrogens is 411 g/mol. The number of hydrogen-bond acceptors (Lipinski definition) is 4. The number of H-pyrrole nitrogens is 1. The molecule has 0 aliphatic rings. The summed E-state index contributed by atoms with van der Waals surface area (Å²) in [6.45, 7) is 1.85. The minimum absolute atomic E-state index is 0.0103. The summed E-state index contributed by atoms with van der Waals surface area (Å²) in [6, 6.07) is 16.8. The van der Waals surface area contributed by atoms with E-state index in [9.17, 15) is 14.0 Å². The van der Waals surface area contributed by atoms with Crippen molar-refractivity contribution in [1.82, 2.24) is 19.9 Å². The Morgan fingerprint density at radius 2 is 1.97 bits per heavy atom. The summed E-state index contributed by atoms with van der Waals surface area (Å²) in [6.07, 6.45) is 0.346. The Hall–Kier alpha value is -3.94. The fourth-order valence-corrected chi connectivity index (χ4v) is 3.66. The van der Waals surface area contributed by atoms with Gasteiger partial charge in [0, 0.05) is 24.2 Å². The summed E-state index contributed by atoms with van der Waals surface area (Å²) in [5.74, 6) is -0.653. The Balaban J connectivity index is 1.57. The molecule has 2 aromatic carbocycles. The average molecular weight is 434 g/mol. The Morgan fingerprint density at radius 3 is 2.69 bits per heavy atom. The number of rotatable bonds is 7. The van der Waals surface area contributed by atoms with Gasteiger partial charge in [-0.15, -0.1) is 0 Å². The summed E-state index contributed by atoms with van der Waals surface area (Å²) in [4.78, 5) is 29.8. The third-order valence-corrected chi connectivity index (χ3v) is 5.16. The lowest BCUT2D eigenvalue weighted by molar-refractivity contribution is -0.121. The van der Waals surface area contributed by atoms with E-state index < -0.39 is 11.9 Å². The van der Waals surface area contributed by atoms with E-state index in [1.54, 1.807) is 12.1 Å². The molecule has 2 heterocycles. The van der Waals surface area contributed by atoms with Gasteiger partial charge in [0.1, 0.15) is 0 Å².